The summed E-state index contributed by atoms with van der Waals surface area (Å²) < 4.78 is 53.5. The second-order valence-corrected chi connectivity index (χ2v) is 8.98. The predicted octanol–water partition coefficient (Wildman–Crippen LogP) is 3.83. The van der Waals surface area contributed by atoms with E-state index < -0.39 is 21.5 Å². The molecule has 4 rings (SSSR count). The fraction of sp³-hybridized carbons (Fsp3) is 0.667. The fourth-order valence-electron chi connectivity index (χ4n) is 3.77. The van der Waals surface area contributed by atoms with Crippen LogP contribution in [0.15, 0.2) is 27.4 Å². The number of hydrogen-bond donors (Lipinski definition) is 0. The molecule has 0 radical (unpaired) electrons. The second kappa shape index (κ2) is 7.25. The van der Waals surface area contributed by atoms with Gasteiger partial charge in [0.15, 0.2) is 11.9 Å². The van der Waals surface area contributed by atoms with Crippen LogP contribution >= 0.6 is 0 Å². The van der Waals surface area contributed by atoms with Crippen LogP contribution in [0.5, 0.6) is 5.75 Å². The van der Waals surface area contributed by atoms with Gasteiger partial charge in [-0.2, -0.15) is 8.42 Å². The Hall–Kier alpha value is -1.51. The van der Waals surface area contributed by atoms with E-state index in [1.54, 1.807) is 6.07 Å². The maximum absolute atomic E-state index is 13.0. The lowest BCUT2D eigenvalue weighted by molar-refractivity contribution is -0.194. The summed E-state index contributed by atoms with van der Waals surface area (Å²) in [5.74, 6) is 0.483. The van der Waals surface area contributed by atoms with Crippen LogP contribution in [0.1, 0.15) is 45.4 Å². The minimum atomic E-state index is -3.90. The van der Waals surface area contributed by atoms with Crippen molar-refractivity contribution in [3.63, 3.8) is 0 Å². The molecule has 26 heavy (non-hydrogen) atoms. The molecule has 0 aromatic carbocycles. The monoisotopic (exact) mass is 384 g/mol. The molecule has 1 aliphatic carbocycles. The van der Waals surface area contributed by atoms with E-state index in [0.717, 1.165) is 25.7 Å². The van der Waals surface area contributed by atoms with Crippen molar-refractivity contribution in [3.8, 4) is 5.75 Å². The zero-order chi connectivity index (χ0) is 18.1. The van der Waals surface area contributed by atoms with Gasteiger partial charge in [-0.3, -0.25) is 0 Å². The van der Waals surface area contributed by atoms with Crippen LogP contribution in [0, 0.1) is 5.92 Å². The molecular formula is C18H24O7S. The van der Waals surface area contributed by atoms with Gasteiger partial charge in [0.25, 0.3) is 0 Å². The normalized spacial score (nSPS) is 30.5. The van der Waals surface area contributed by atoms with E-state index in [0.29, 0.717) is 36.5 Å². The highest BCUT2D eigenvalue weighted by atomic mass is 32.2. The lowest BCUT2D eigenvalue weighted by Gasteiger charge is -2.36. The Balaban J connectivity index is 1.52. The van der Waals surface area contributed by atoms with Crippen LogP contribution in [0.4, 0.5) is 0 Å². The Kier molecular flexibility index (Phi) is 4.98. The molecule has 3 heterocycles. The van der Waals surface area contributed by atoms with Gasteiger partial charge >= 0.3 is 10.1 Å². The van der Waals surface area contributed by atoms with Gasteiger partial charge in [-0.05, 0) is 44.4 Å². The summed E-state index contributed by atoms with van der Waals surface area (Å²) in [5, 5.41) is -0.732. The van der Waals surface area contributed by atoms with Crippen LogP contribution in [-0.4, -0.2) is 32.7 Å². The molecule has 0 bridgehead atoms. The highest BCUT2D eigenvalue weighted by Gasteiger charge is 2.42. The molecule has 4 atom stereocenters. The standard InChI is InChI=1S/C18H24O7S/c1-12-5-6-16(14(10-12)24-17-4-2-3-8-21-17)26(19,20)25-15-11-23-13-7-9-22-18(13)15/h7,9,11-12,14,16-17H,2-6,8,10H2,1H3/t12?,14-,16?,17?/m1/s1. The molecular weight excluding hydrogens is 360 g/mol. The first-order chi connectivity index (χ1) is 12.5. The van der Waals surface area contributed by atoms with Crippen molar-refractivity contribution in [2.75, 3.05) is 6.61 Å². The Morgan fingerprint density at radius 3 is 2.85 bits per heavy atom. The van der Waals surface area contributed by atoms with Crippen molar-refractivity contribution in [2.24, 2.45) is 5.92 Å². The van der Waals surface area contributed by atoms with E-state index in [9.17, 15) is 8.42 Å². The Labute approximate surface area is 152 Å². The third kappa shape index (κ3) is 3.63. The number of furan rings is 2. The zero-order valence-electron chi connectivity index (χ0n) is 14.8. The van der Waals surface area contributed by atoms with Crippen LogP contribution in [0.3, 0.4) is 0 Å². The van der Waals surface area contributed by atoms with Crippen molar-refractivity contribution in [1.29, 1.82) is 0 Å². The van der Waals surface area contributed by atoms with E-state index in [2.05, 4.69) is 6.92 Å². The third-order valence-electron chi connectivity index (χ3n) is 5.18. The Morgan fingerprint density at radius 2 is 2.04 bits per heavy atom. The fourth-order valence-corrected chi connectivity index (χ4v) is 5.23. The lowest BCUT2D eigenvalue weighted by atomic mass is 9.88. The molecule has 2 fully saturated rings. The highest BCUT2D eigenvalue weighted by molar-refractivity contribution is 7.87. The van der Waals surface area contributed by atoms with Gasteiger partial charge in [0.05, 0.1) is 12.4 Å². The first-order valence-corrected chi connectivity index (χ1v) is 10.6. The average molecular weight is 384 g/mol. The van der Waals surface area contributed by atoms with Crippen LogP contribution in [-0.2, 0) is 19.6 Å². The summed E-state index contributed by atoms with van der Waals surface area (Å²) >= 11 is 0. The Morgan fingerprint density at radius 1 is 1.15 bits per heavy atom. The highest BCUT2D eigenvalue weighted by Crippen LogP contribution is 2.36. The van der Waals surface area contributed by atoms with Crippen LogP contribution in [0.25, 0.3) is 11.2 Å². The number of ether oxygens (including phenoxy) is 2. The molecule has 7 nitrogen and oxygen atoms in total. The van der Waals surface area contributed by atoms with Crippen molar-refractivity contribution in [1.82, 2.24) is 0 Å². The first kappa shape index (κ1) is 17.9. The molecule has 2 aliphatic rings. The third-order valence-corrected chi connectivity index (χ3v) is 6.87. The first-order valence-electron chi connectivity index (χ1n) is 9.18. The number of rotatable bonds is 5. The molecule has 0 N–H and O–H groups in total. The van der Waals surface area contributed by atoms with Crippen molar-refractivity contribution in [2.45, 2.75) is 63.1 Å². The average Bonchev–Trinajstić information content (AvgIpc) is 3.21. The molecule has 2 aromatic heterocycles. The van der Waals surface area contributed by atoms with Crippen molar-refractivity contribution < 1.29 is 30.9 Å². The zero-order valence-corrected chi connectivity index (χ0v) is 15.6. The molecule has 144 valence electrons. The molecule has 2 aromatic rings. The predicted molar refractivity (Wildman–Crippen MR) is 93.3 cm³/mol. The lowest BCUT2D eigenvalue weighted by Crippen LogP contribution is -2.45. The maximum atomic E-state index is 13.0. The smallest absolute Gasteiger partial charge is 0.314 e. The van der Waals surface area contributed by atoms with Gasteiger partial charge in [0.2, 0.25) is 11.3 Å². The largest absolute Gasteiger partial charge is 0.457 e. The van der Waals surface area contributed by atoms with Crippen molar-refractivity contribution >= 4 is 21.3 Å². The van der Waals surface area contributed by atoms with Crippen molar-refractivity contribution in [3.05, 3.63) is 18.6 Å². The maximum Gasteiger partial charge on any atom is 0.314 e. The molecule has 1 saturated heterocycles. The van der Waals surface area contributed by atoms with Gasteiger partial charge in [0, 0.05) is 12.7 Å². The van der Waals surface area contributed by atoms with Gasteiger partial charge < -0.3 is 22.5 Å². The number of hydrogen-bond acceptors (Lipinski definition) is 7. The van der Waals surface area contributed by atoms with Crippen LogP contribution < -0.4 is 4.18 Å². The number of fused-ring (bicyclic) bond motifs is 1. The van der Waals surface area contributed by atoms with E-state index >= 15 is 0 Å². The van der Waals surface area contributed by atoms with E-state index in [-0.39, 0.29) is 12.0 Å². The molecule has 1 saturated carbocycles. The van der Waals surface area contributed by atoms with Gasteiger partial charge in [-0.15, -0.1) is 0 Å². The summed E-state index contributed by atoms with van der Waals surface area (Å²) in [6.07, 6.45) is 6.77. The molecule has 0 amide bonds. The van der Waals surface area contributed by atoms with Gasteiger partial charge in [0.1, 0.15) is 11.5 Å². The van der Waals surface area contributed by atoms with Gasteiger partial charge in [-0.1, -0.05) is 6.92 Å². The van der Waals surface area contributed by atoms with Crippen LogP contribution in [0.2, 0.25) is 0 Å². The van der Waals surface area contributed by atoms with E-state index in [1.165, 1.54) is 12.5 Å². The molecule has 8 heteroatoms. The summed E-state index contributed by atoms with van der Waals surface area (Å²) in [6, 6.07) is 1.61. The topological polar surface area (TPSA) is 88.1 Å². The molecule has 1 aliphatic heterocycles. The molecule has 0 spiro atoms. The Bertz CT molecular complexity index is 831. The van der Waals surface area contributed by atoms with E-state index in [1.807, 2.05) is 0 Å². The van der Waals surface area contributed by atoms with Gasteiger partial charge in [-0.25, -0.2) is 0 Å². The second-order valence-electron chi connectivity index (χ2n) is 7.22. The van der Waals surface area contributed by atoms with E-state index in [4.69, 9.17) is 22.5 Å². The summed E-state index contributed by atoms with van der Waals surface area (Å²) in [7, 11) is -3.90. The summed E-state index contributed by atoms with van der Waals surface area (Å²) in [6.45, 7) is 2.77. The summed E-state index contributed by atoms with van der Waals surface area (Å²) in [5.41, 5.74) is 0.752. The summed E-state index contributed by atoms with van der Waals surface area (Å²) in [4.78, 5) is 0. The SMILES string of the molecule is CC1CCC(S(=O)(=O)Oc2coc3ccoc23)[C@H](OC2CCCCO2)C1. The quantitative estimate of drug-likeness (QED) is 0.724. The minimum Gasteiger partial charge on any atom is -0.457 e. The molecule has 3 unspecified atom stereocenters. The minimum absolute atomic E-state index is 0.0799.